The molecular weight excluding hydrogens is 274 g/mol. The minimum absolute atomic E-state index is 0.137. The van der Waals surface area contributed by atoms with E-state index < -0.39 is 23.5 Å². The molecule has 7 nitrogen and oxygen atoms in total. The smallest absolute Gasteiger partial charge is 0.326 e. The molecule has 0 aliphatic carbocycles. The third-order valence-corrected chi connectivity index (χ3v) is 2.54. The van der Waals surface area contributed by atoms with E-state index in [0.29, 0.717) is 0 Å². The molecule has 0 bridgehead atoms. The number of amides is 3. The van der Waals surface area contributed by atoms with Gasteiger partial charge >= 0.3 is 12.0 Å². The molecule has 0 unspecified atom stereocenters. The summed E-state index contributed by atoms with van der Waals surface area (Å²) < 4.78 is 0. The predicted octanol–water partition coefficient (Wildman–Crippen LogP) is 1.09. The van der Waals surface area contributed by atoms with Crippen molar-refractivity contribution in [3.63, 3.8) is 0 Å². The fourth-order valence-corrected chi connectivity index (χ4v) is 1.60. The highest BCUT2D eigenvalue weighted by Gasteiger charge is 2.32. The van der Waals surface area contributed by atoms with Gasteiger partial charge in [0.1, 0.15) is 6.04 Å². The summed E-state index contributed by atoms with van der Waals surface area (Å²) in [7, 11) is 0. The maximum absolute atomic E-state index is 11.7. The number of carbonyl (C=O) groups is 3. The summed E-state index contributed by atoms with van der Waals surface area (Å²) in [4.78, 5) is 34.3. The zero-order chi connectivity index (χ0) is 16.8. The SMILES string of the molecule is CC(C)(C)NC(=O)CCNC(=O)N[C@H](C(=O)O)C(C)(C)C. The number of hydrogen-bond acceptors (Lipinski definition) is 3. The van der Waals surface area contributed by atoms with E-state index in [-0.39, 0.29) is 24.4 Å². The molecule has 0 aliphatic rings. The van der Waals surface area contributed by atoms with Crippen LogP contribution >= 0.6 is 0 Å². The van der Waals surface area contributed by atoms with Gasteiger partial charge in [-0.3, -0.25) is 4.79 Å². The van der Waals surface area contributed by atoms with Gasteiger partial charge in [0.25, 0.3) is 0 Å². The normalized spacial score (nSPS) is 13.2. The van der Waals surface area contributed by atoms with E-state index in [9.17, 15) is 14.4 Å². The number of carboxylic acids is 1. The second kappa shape index (κ2) is 7.28. The third-order valence-electron chi connectivity index (χ3n) is 2.54. The van der Waals surface area contributed by atoms with Crippen molar-refractivity contribution in [2.24, 2.45) is 5.41 Å². The van der Waals surface area contributed by atoms with Gasteiger partial charge in [-0.05, 0) is 26.2 Å². The summed E-state index contributed by atoms with van der Waals surface area (Å²) in [5, 5.41) is 16.7. The van der Waals surface area contributed by atoms with E-state index in [1.54, 1.807) is 20.8 Å². The standard InChI is InChI=1S/C14H27N3O4/c1-13(2,3)10(11(19)20)16-12(21)15-8-7-9(18)17-14(4,5)6/h10H,7-8H2,1-6H3,(H,17,18)(H,19,20)(H2,15,16,21)/t10-/m1/s1. The topological polar surface area (TPSA) is 108 Å². The number of nitrogens with one attached hydrogen (secondary N) is 3. The average Bonchev–Trinajstić information content (AvgIpc) is 2.21. The molecule has 0 spiro atoms. The monoisotopic (exact) mass is 301 g/mol. The Morgan fingerprint density at radius 2 is 1.57 bits per heavy atom. The number of urea groups is 1. The van der Waals surface area contributed by atoms with Crippen LogP contribution in [-0.2, 0) is 9.59 Å². The van der Waals surface area contributed by atoms with Crippen molar-refractivity contribution in [3.8, 4) is 0 Å². The first kappa shape index (κ1) is 19.2. The highest BCUT2D eigenvalue weighted by atomic mass is 16.4. The number of carbonyl (C=O) groups excluding carboxylic acids is 2. The Kier molecular flexibility index (Phi) is 6.66. The Bertz CT molecular complexity index is 394. The molecule has 0 aromatic rings. The molecule has 0 radical (unpaired) electrons. The molecule has 0 aromatic carbocycles. The van der Waals surface area contributed by atoms with Crippen LogP contribution in [0.3, 0.4) is 0 Å². The maximum atomic E-state index is 11.7. The molecule has 21 heavy (non-hydrogen) atoms. The fourth-order valence-electron chi connectivity index (χ4n) is 1.60. The first-order valence-electron chi connectivity index (χ1n) is 6.91. The van der Waals surface area contributed by atoms with Crippen LogP contribution in [0.5, 0.6) is 0 Å². The zero-order valence-electron chi connectivity index (χ0n) is 13.7. The van der Waals surface area contributed by atoms with Gasteiger partial charge in [0.05, 0.1) is 0 Å². The van der Waals surface area contributed by atoms with Gasteiger partial charge in [-0.25, -0.2) is 9.59 Å². The molecule has 7 heteroatoms. The van der Waals surface area contributed by atoms with E-state index in [1.165, 1.54) is 0 Å². The molecule has 0 heterocycles. The molecule has 3 amide bonds. The van der Waals surface area contributed by atoms with Crippen LogP contribution in [0.1, 0.15) is 48.0 Å². The molecule has 1 atom stereocenters. The Balaban J connectivity index is 4.22. The molecule has 0 fully saturated rings. The van der Waals surface area contributed by atoms with Crippen molar-refractivity contribution in [2.45, 2.75) is 59.5 Å². The van der Waals surface area contributed by atoms with E-state index in [2.05, 4.69) is 16.0 Å². The van der Waals surface area contributed by atoms with E-state index in [4.69, 9.17) is 5.11 Å². The predicted molar refractivity (Wildman–Crippen MR) is 79.9 cm³/mol. The number of carboxylic acid groups (broad SMARTS) is 1. The molecule has 4 N–H and O–H groups in total. The van der Waals surface area contributed by atoms with E-state index >= 15 is 0 Å². The van der Waals surface area contributed by atoms with E-state index in [1.807, 2.05) is 20.8 Å². The zero-order valence-corrected chi connectivity index (χ0v) is 13.7. The first-order valence-corrected chi connectivity index (χ1v) is 6.91. The highest BCUT2D eigenvalue weighted by molar-refractivity contribution is 5.83. The fraction of sp³-hybridized carbons (Fsp3) is 0.786. The Hall–Kier alpha value is -1.79. The maximum Gasteiger partial charge on any atom is 0.326 e. The van der Waals surface area contributed by atoms with Crippen LogP contribution in [0.15, 0.2) is 0 Å². The summed E-state index contributed by atoms with van der Waals surface area (Å²) in [5.74, 6) is -1.27. The first-order chi connectivity index (χ1) is 9.33. The van der Waals surface area contributed by atoms with Gasteiger partial charge in [-0.15, -0.1) is 0 Å². The van der Waals surface area contributed by atoms with Gasteiger partial charge in [0.2, 0.25) is 5.91 Å². The van der Waals surface area contributed by atoms with Crippen LogP contribution in [0.25, 0.3) is 0 Å². The van der Waals surface area contributed by atoms with Gasteiger partial charge in [0, 0.05) is 18.5 Å². The van der Waals surface area contributed by atoms with Gasteiger partial charge in [0.15, 0.2) is 0 Å². The quantitative estimate of drug-likeness (QED) is 0.609. The van der Waals surface area contributed by atoms with Crippen molar-refractivity contribution < 1.29 is 19.5 Å². The molecule has 0 aromatic heterocycles. The van der Waals surface area contributed by atoms with Crippen molar-refractivity contribution in [2.75, 3.05) is 6.54 Å². The molecule has 122 valence electrons. The summed E-state index contributed by atoms with van der Waals surface area (Å²) in [6.07, 6.45) is 0.137. The largest absolute Gasteiger partial charge is 0.480 e. The Labute approximate surface area is 125 Å². The van der Waals surface area contributed by atoms with Crippen LogP contribution < -0.4 is 16.0 Å². The number of aliphatic carboxylic acids is 1. The molecule has 0 rings (SSSR count). The Morgan fingerprint density at radius 3 is 1.95 bits per heavy atom. The average molecular weight is 301 g/mol. The van der Waals surface area contributed by atoms with Crippen LogP contribution in [0, 0.1) is 5.41 Å². The second-order valence-electron chi connectivity index (χ2n) is 7.09. The molecular formula is C14H27N3O4. The lowest BCUT2D eigenvalue weighted by atomic mass is 9.87. The van der Waals surface area contributed by atoms with Gasteiger partial charge in [-0.2, -0.15) is 0 Å². The van der Waals surface area contributed by atoms with Crippen molar-refractivity contribution >= 4 is 17.9 Å². The molecule has 0 saturated heterocycles. The molecule has 0 aliphatic heterocycles. The van der Waals surface area contributed by atoms with Crippen LogP contribution in [0.4, 0.5) is 4.79 Å². The summed E-state index contributed by atoms with van der Waals surface area (Å²) in [6.45, 7) is 10.9. The van der Waals surface area contributed by atoms with Crippen molar-refractivity contribution in [1.29, 1.82) is 0 Å². The van der Waals surface area contributed by atoms with Crippen molar-refractivity contribution in [3.05, 3.63) is 0 Å². The number of hydrogen-bond donors (Lipinski definition) is 4. The minimum atomic E-state index is -1.09. The van der Waals surface area contributed by atoms with Crippen LogP contribution in [-0.4, -0.2) is 41.1 Å². The molecule has 0 saturated carbocycles. The third kappa shape index (κ3) is 8.88. The second-order valence-corrected chi connectivity index (χ2v) is 7.09. The van der Waals surface area contributed by atoms with Gasteiger partial charge < -0.3 is 21.1 Å². The summed E-state index contributed by atoms with van der Waals surface area (Å²) >= 11 is 0. The van der Waals surface area contributed by atoms with Crippen molar-refractivity contribution in [1.82, 2.24) is 16.0 Å². The Morgan fingerprint density at radius 1 is 1.05 bits per heavy atom. The lowest BCUT2D eigenvalue weighted by molar-refractivity contribution is -0.142. The lowest BCUT2D eigenvalue weighted by Crippen LogP contribution is -2.52. The number of rotatable bonds is 5. The minimum Gasteiger partial charge on any atom is -0.480 e. The van der Waals surface area contributed by atoms with Crippen LogP contribution in [0.2, 0.25) is 0 Å². The van der Waals surface area contributed by atoms with E-state index in [0.717, 1.165) is 0 Å². The highest BCUT2D eigenvalue weighted by Crippen LogP contribution is 2.19. The van der Waals surface area contributed by atoms with Gasteiger partial charge in [-0.1, -0.05) is 20.8 Å². The summed E-state index contributed by atoms with van der Waals surface area (Å²) in [5.41, 5.74) is -0.924. The lowest BCUT2D eigenvalue weighted by Gasteiger charge is -2.27. The summed E-state index contributed by atoms with van der Waals surface area (Å²) in [6, 6.07) is -1.60.